The van der Waals surface area contributed by atoms with Gasteiger partial charge in [-0.2, -0.15) is 0 Å². The fraction of sp³-hybridized carbons (Fsp3) is 0.364. The van der Waals surface area contributed by atoms with Crippen LogP contribution in [0.15, 0.2) is 48.5 Å². The zero-order chi connectivity index (χ0) is 18.6. The first-order valence-corrected chi connectivity index (χ1v) is 9.61. The zero-order valence-electron chi connectivity index (χ0n) is 15.3. The van der Waals surface area contributed by atoms with Gasteiger partial charge < -0.3 is 15.0 Å². The van der Waals surface area contributed by atoms with Crippen molar-refractivity contribution in [3.05, 3.63) is 65.2 Å². The van der Waals surface area contributed by atoms with Crippen LogP contribution < -0.4 is 10.1 Å². The van der Waals surface area contributed by atoms with Gasteiger partial charge in [-0.05, 0) is 48.6 Å². The maximum absolute atomic E-state index is 12.8. The standard InChI is InChI=1S/C22H24N2O3/c25-21(23-15-16-9-10-20-18(14-16)11-13-27-20)19-8-4-5-12-24(19)22(26)17-6-2-1-3-7-17/h1-3,6-7,9-10,14,19H,4-5,8,11-13,15H2,(H,23,25). The van der Waals surface area contributed by atoms with Gasteiger partial charge in [-0.15, -0.1) is 0 Å². The minimum atomic E-state index is -0.399. The first-order chi connectivity index (χ1) is 13.2. The summed E-state index contributed by atoms with van der Waals surface area (Å²) < 4.78 is 5.53. The van der Waals surface area contributed by atoms with Crippen LogP contribution in [0.5, 0.6) is 5.75 Å². The van der Waals surface area contributed by atoms with Gasteiger partial charge in [0.2, 0.25) is 5.91 Å². The van der Waals surface area contributed by atoms with E-state index in [0.717, 1.165) is 37.2 Å². The topological polar surface area (TPSA) is 58.6 Å². The third-order valence-electron chi connectivity index (χ3n) is 5.31. The van der Waals surface area contributed by atoms with Crippen LogP contribution in [-0.4, -0.2) is 35.9 Å². The van der Waals surface area contributed by atoms with Crippen LogP contribution in [0.1, 0.15) is 40.7 Å². The van der Waals surface area contributed by atoms with E-state index >= 15 is 0 Å². The number of hydrogen-bond acceptors (Lipinski definition) is 3. The van der Waals surface area contributed by atoms with Gasteiger partial charge in [0.1, 0.15) is 11.8 Å². The van der Waals surface area contributed by atoms with Gasteiger partial charge in [0.15, 0.2) is 0 Å². The zero-order valence-corrected chi connectivity index (χ0v) is 15.3. The molecule has 1 saturated heterocycles. The second-order valence-corrected chi connectivity index (χ2v) is 7.13. The number of benzene rings is 2. The molecule has 1 unspecified atom stereocenters. The minimum absolute atomic E-state index is 0.0647. The molecule has 0 aromatic heterocycles. The summed E-state index contributed by atoms with van der Waals surface area (Å²) in [6.07, 6.45) is 3.53. The highest BCUT2D eigenvalue weighted by molar-refractivity contribution is 5.97. The van der Waals surface area contributed by atoms with Crippen molar-refractivity contribution < 1.29 is 14.3 Å². The predicted octanol–water partition coefficient (Wildman–Crippen LogP) is 2.93. The molecule has 5 nitrogen and oxygen atoms in total. The Bertz CT molecular complexity index is 835. The molecule has 2 aromatic carbocycles. The van der Waals surface area contributed by atoms with Crippen molar-refractivity contribution in [3.8, 4) is 5.75 Å². The van der Waals surface area contributed by atoms with E-state index in [4.69, 9.17) is 4.74 Å². The average molecular weight is 364 g/mol. The number of nitrogens with one attached hydrogen (secondary N) is 1. The molecular formula is C22H24N2O3. The van der Waals surface area contributed by atoms with Crippen LogP contribution >= 0.6 is 0 Å². The Morgan fingerprint density at radius 2 is 1.96 bits per heavy atom. The van der Waals surface area contributed by atoms with Crippen molar-refractivity contribution in [2.45, 2.75) is 38.3 Å². The van der Waals surface area contributed by atoms with E-state index in [0.29, 0.717) is 25.1 Å². The number of amides is 2. The van der Waals surface area contributed by atoms with E-state index in [2.05, 4.69) is 11.4 Å². The van der Waals surface area contributed by atoms with Crippen molar-refractivity contribution >= 4 is 11.8 Å². The van der Waals surface area contributed by atoms with Crippen LogP contribution in [0.25, 0.3) is 0 Å². The van der Waals surface area contributed by atoms with E-state index in [1.165, 1.54) is 5.56 Å². The molecule has 0 radical (unpaired) electrons. The number of ether oxygens (including phenoxy) is 1. The van der Waals surface area contributed by atoms with E-state index in [1.54, 1.807) is 17.0 Å². The normalized spacial score (nSPS) is 18.5. The van der Waals surface area contributed by atoms with Crippen molar-refractivity contribution in [1.29, 1.82) is 0 Å². The van der Waals surface area contributed by atoms with E-state index < -0.39 is 6.04 Å². The van der Waals surface area contributed by atoms with Gasteiger partial charge in [0.05, 0.1) is 6.61 Å². The second kappa shape index (κ2) is 7.82. The highest BCUT2D eigenvalue weighted by Crippen LogP contribution is 2.26. The Morgan fingerprint density at radius 3 is 2.81 bits per heavy atom. The SMILES string of the molecule is O=C(NCc1ccc2c(c1)CCO2)C1CCCCN1C(=O)c1ccccc1. The molecule has 1 atom stereocenters. The molecule has 1 fully saturated rings. The minimum Gasteiger partial charge on any atom is -0.493 e. The molecule has 2 aliphatic heterocycles. The summed E-state index contributed by atoms with van der Waals surface area (Å²) >= 11 is 0. The molecule has 140 valence electrons. The molecule has 2 heterocycles. The van der Waals surface area contributed by atoms with E-state index in [-0.39, 0.29) is 11.8 Å². The number of rotatable bonds is 4. The number of nitrogens with zero attached hydrogens (tertiary/aromatic N) is 1. The first-order valence-electron chi connectivity index (χ1n) is 9.61. The fourth-order valence-electron chi connectivity index (χ4n) is 3.85. The molecule has 1 N–H and O–H groups in total. The summed E-state index contributed by atoms with van der Waals surface area (Å²) in [4.78, 5) is 27.4. The third-order valence-corrected chi connectivity index (χ3v) is 5.31. The third kappa shape index (κ3) is 3.82. The Hall–Kier alpha value is -2.82. The average Bonchev–Trinajstić information content (AvgIpc) is 3.20. The number of carbonyl (C=O) groups excluding carboxylic acids is 2. The lowest BCUT2D eigenvalue weighted by molar-refractivity contribution is -0.126. The maximum atomic E-state index is 12.8. The van der Waals surface area contributed by atoms with E-state index in [9.17, 15) is 9.59 Å². The van der Waals surface area contributed by atoms with Crippen LogP contribution in [-0.2, 0) is 17.8 Å². The van der Waals surface area contributed by atoms with Crippen molar-refractivity contribution in [2.24, 2.45) is 0 Å². The Labute approximate surface area is 159 Å². The fourth-order valence-corrected chi connectivity index (χ4v) is 3.85. The maximum Gasteiger partial charge on any atom is 0.254 e. The van der Waals surface area contributed by atoms with Gasteiger partial charge >= 0.3 is 0 Å². The molecule has 5 heteroatoms. The molecule has 0 bridgehead atoms. The number of likely N-dealkylation sites (tertiary alicyclic amines) is 1. The van der Waals surface area contributed by atoms with Gasteiger partial charge in [-0.1, -0.05) is 30.3 Å². The van der Waals surface area contributed by atoms with Gasteiger partial charge in [-0.3, -0.25) is 9.59 Å². The lowest BCUT2D eigenvalue weighted by Crippen LogP contribution is -2.51. The molecule has 2 amide bonds. The van der Waals surface area contributed by atoms with Crippen LogP contribution in [0.2, 0.25) is 0 Å². The lowest BCUT2D eigenvalue weighted by Gasteiger charge is -2.34. The molecule has 4 rings (SSSR count). The smallest absolute Gasteiger partial charge is 0.254 e. The Balaban J connectivity index is 1.42. The molecule has 0 aliphatic carbocycles. The highest BCUT2D eigenvalue weighted by atomic mass is 16.5. The Morgan fingerprint density at radius 1 is 1.11 bits per heavy atom. The molecule has 0 saturated carbocycles. The monoisotopic (exact) mass is 364 g/mol. The second-order valence-electron chi connectivity index (χ2n) is 7.13. The molecule has 2 aromatic rings. The molecule has 27 heavy (non-hydrogen) atoms. The first kappa shape index (κ1) is 17.6. The summed E-state index contributed by atoms with van der Waals surface area (Å²) in [6.45, 7) is 1.82. The molecule has 2 aliphatic rings. The summed E-state index contributed by atoms with van der Waals surface area (Å²) in [5, 5.41) is 3.02. The van der Waals surface area contributed by atoms with Gasteiger partial charge in [0, 0.05) is 25.1 Å². The summed E-state index contributed by atoms with van der Waals surface area (Å²) in [7, 11) is 0. The number of hydrogen-bond donors (Lipinski definition) is 1. The number of fused-ring (bicyclic) bond motifs is 1. The summed E-state index contributed by atoms with van der Waals surface area (Å²) in [5.41, 5.74) is 2.89. The number of carbonyl (C=O) groups is 2. The lowest BCUT2D eigenvalue weighted by atomic mass is 9.99. The van der Waals surface area contributed by atoms with Gasteiger partial charge in [0.25, 0.3) is 5.91 Å². The number of piperidine rings is 1. The van der Waals surface area contributed by atoms with Crippen molar-refractivity contribution in [2.75, 3.05) is 13.2 Å². The van der Waals surface area contributed by atoms with Crippen molar-refractivity contribution in [3.63, 3.8) is 0 Å². The van der Waals surface area contributed by atoms with Crippen molar-refractivity contribution in [1.82, 2.24) is 10.2 Å². The summed E-state index contributed by atoms with van der Waals surface area (Å²) in [5.74, 6) is 0.804. The molecule has 0 spiro atoms. The quantitative estimate of drug-likeness (QED) is 0.907. The van der Waals surface area contributed by atoms with E-state index in [1.807, 2.05) is 30.3 Å². The molecular weight excluding hydrogens is 340 g/mol. The van der Waals surface area contributed by atoms with Crippen LogP contribution in [0.3, 0.4) is 0 Å². The van der Waals surface area contributed by atoms with Crippen LogP contribution in [0.4, 0.5) is 0 Å². The largest absolute Gasteiger partial charge is 0.493 e. The predicted molar refractivity (Wildman–Crippen MR) is 103 cm³/mol. The highest BCUT2D eigenvalue weighted by Gasteiger charge is 2.32. The van der Waals surface area contributed by atoms with Gasteiger partial charge in [-0.25, -0.2) is 0 Å². The summed E-state index contributed by atoms with van der Waals surface area (Å²) in [6, 6.07) is 14.8. The Kier molecular flexibility index (Phi) is 5.10. The van der Waals surface area contributed by atoms with Crippen LogP contribution in [0, 0.1) is 0 Å².